The van der Waals surface area contributed by atoms with E-state index in [1.165, 1.54) is 0 Å². The minimum absolute atomic E-state index is 0.345. The number of rotatable bonds is 8. The Balaban J connectivity index is 1.94. The van der Waals surface area contributed by atoms with Gasteiger partial charge in [0.2, 0.25) is 0 Å². The van der Waals surface area contributed by atoms with E-state index < -0.39 is 11.9 Å². The summed E-state index contributed by atoms with van der Waals surface area (Å²) in [5, 5.41) is 13.4. The van der Waals surface area contributed by atoms with Gasteiger partial charge in [0.25, 0.3) is 0 Å². The van der Waals surface area contributed by atoms with E-state index in [9.17, 15) is 9.90 Å². The van der Waals surface area contributed by atoms with E-state index in [1.807, 2.05) is 32.0 Å². The molecule has 1 unspecified atom stereocenters. The number of aliphatic carboxylic acids is 1. The lowest BCUT2D eigenvalue weighted by molar-refractivity contribution is -0.142. The maximum Gasteiger partial charge on any atom is 0.307 e. The molecule has 2 rings (SSSR count). The van der Waals surface area contributed by atoms with Crippen molar-refractivity contribution in [3.8, 4) is 11.3 Å². The van der Waals surface area contributed by atoms with Crippen molar-refractivity contribution in [3.05, 3.63) is 46.1 Å². The summed E-state index contributed by atoms with van der Waals surface area (Å²) >= 11 is 11.9. The van der Waals surface area contributed by atoms with E-state index >= 15 is 0 Å². The van der Waals surface area contributed by atoms with Crippen LogP contribution in [-0.2, 0) is 11.3 Å². The van der Waals surface area contributed by atoms with E-state index in [1.54, 1.807) is 12.1 Å². The van der Waals surface area contributed by atoms with Crippen molar-refractivity contribution < 1.29 is 14.3 Å². The molecule has 130 valence electrons. The molecule has 0 radical (unpaired) electrons. The maximum absolute atomic E-state index is 11.2. The van der Waals surface area contributed by atoms with E-state index in [0.29, 0.717) is 41.2 Å². The number of hydrogen-bond acceptors (Lipinski definition) is 3. The summed E-state index contributed by atoms with van der Waals surface area (Å²) in [6, 6.07) is 9.04. The van der Waals surface area contributed by atoms with Crippen molar-refractivity contribution in [3.63, 3.8) is 0 Å². The van der Waals surface area contributed by atoms with Gasteiger partial charge in [0.1, 0.15) is 11.5 Å². The Labute approximate surface area is 151 Å². The van der Waals surface area contributed by atoms with Crippen LogP contribution in [0.4, 0.5) is 0 Å². The van der Waals surface area contributed by atoms with Gasteiger partial charge in [0, 0.05) is 12.1 Å². The van der Waals surface area contributed by atoms with Crippen molar-refractivity contribution in [1.82, 2.24) is 5.32 Å². The monoisotopic (exact) mass is 369 g/mol. The molecule has 1 aromatic heterocycles. The minimum Gasteiger partial charge on any atom is -0.481 e. The normalized spacial score (nSPS) is 12.5. The average Bonchev–Trinajstić information content (AvgIpc) is 2.97. The van der Waals surface area contributed by atoms with Gasteiger partial charge in [0.15, 0.2) is 0 Å². The Morgan fingerprint density at radius 3 is 2.58 bits per heavy atom. The number of hydrogen-bond donors (Lipinski definition) is 2. The van der Waals surface area contributed by atoms with Crippen LogP contribution in [0.2, 0.25) is 10.0 Å². The van der Waals surface area contributed by atoms with Crippen molar-refractivity contribution >= 4 is 29.2 Å². The molecule has 0 amide bonds. The van der Waals surface area contributed by atoms with Crippen LogP contribution in [0.3, 0.4) is 0 Å². The van der Waals surface area contributed by atoms with Gasteiger partial charge in [-0.1, -0.05) is 37.0 Å². The van der Waals surface area contributed by atoms with Gasteiger partial charge in [-0.15, -0.1) is 0 Å². The van der Waals surface area contributed by atoms with Crippen molar-refractivity contribution in [2.75, 3.05) is 6.54 Å². The first kappa shape index (κ1) is 18.8. The van der Waals surface area contributed by atoms with Gasteiger partial charge in [-0.25, -0.2) is 0 Å². The van der Waals surface area contributed by atoms with Crippen LogP contribution < -0.4 is 5.32 Å². The van der Waals surface area contributed by atoms with Crippen molar-refractivity contribution in [1.29, 1.82) is 0 Å². The highest BCUT2D eigenvalue weighted by Gasteiger charge is 2.18. The maximum atomic E-state index is 11.2. The number of benzene rings is 1. The molecule has 0 aliphatic carbocycles. The number of furan rings is 1. The molecule has 4 nitrogen and oxygen atoms in total. The van der Waals surface area contributed by atoms with Gasteiger partial charge in [-0.2, -0.15) is 0 Å². The van der Waals surface area contributed by atoms with Crippen LogP contribution in [0.15, 0.2) is 34.7 Å². The number of nitrogens with one attached hydrogen (secondary N) is 1. The number of carbonyl (C=O) groups is 1. The Morgan fingerprint density at radius 2 is 1.96 bits per heavy atom. The van der Waals surface area contributed by atoms with Gasteiger partial charge in [-0.3, -0.25) is 4.79 Å². The molecule has 0 bridgehead atoms. The molecule has 0 aliphatic heterocycles. The Hall–Kier alpha value is -1.49. The lowest BCUT2D eigenvalue weighted by Gasteiger charge is -2.14. The molecular weight excluding hydrogens is 349 g/mol. The van der Waals surface area contributed by atoms with Crippen molar-refractivity contribution in [2.45, 2.75) is 26.8 Å². The van der Waals surface area contributed by atoms with Crippen LogP contribution >= 0.6 is 23.2 Å². The molecule has 1 aromatic carbocycles. The second-order valence-electron chi connectivity index (χ2n) is 6.19. The quantitative estimate of drug-likeness (QED) is 0.679. The molecule has 2 aromatic rings. The smallest absolute Gasteiger partial charge is 0.307 e. The molecule has 0 aliphatic rings. The molecule has 24 heavy (non-hydrogen) atoms. The molecule has 2 N–H and O–H groups in total. The van der Waals surface area contributed by atoms with Crippen LogP contribution in [0.5, 0.6) is 0 Å². The first-order valence-corrected chi connectivity index (χ1v) is 8.60. The number of carboxylic acid groups (broad SMARTS) is 1. The van der Waals surface area contributed by atoms with Gasteiger partial charge in [0.05, 0.1) is 22.5 Å². The van der Waals surface area contributed by atoms with Crippen LogP contribution in [0.25, 0.3) is 11.3 Å². The second kappa shape index (κ2) is 8.56. The summed E-state index contributed by atoms with van der Waals surface area (Å²) in [4.78, 5) is 11.2. The fourth-order valence-electron chi connectivity index (χ4n) is 2.49. The zero-order valence-corrected chi connectivity index (χ0v) is 15.2. The summed E-state index contributed by atoms with van der Waals surface area (Å²) in [5.41, 5.74) is 0.846. The SMILES string of the molecule is CC(C)CC(CNCc1ccc(-c2ccc(Cl)c(Cl)c2)o1)C(=O)O. The topological polar surface area (TPSA) is 62.5 Å². The van der Waals surface area contributed by atoms with Crippen LogP contribution in [-0.4, -0.2) is 17.6 Å². The molecule has 0 saturated heterocycles. The van der Waals surface area contributed by atoms with Gasteiger partial charge >= 0.3 is 5.97 Å². The predicted octanol–water partition coefficient (Wildman–Crippen LogP) is 5.09. The molecule has 0 fully saturated rings. The lowest BCUT2D eigenvalue weighted by Crippen LogP contribution is -2.29. The largest absolute Gasteiger partial charge is 0.481 e. The summed E-state index contributed by atoms with van der Waals surface area (Å²) < 4.78 is 5.78. The van der Waals surface area contributed by atoms with Crippen LogP contribution in [0.1, 0.15) is 26.0 Å². The molecule has 1 heterocycles. The van der Waals surface area contributed by atoms with Gasteiger partial charge in [-0.05, 0) is 42.7 Å². The highest BCUT2D eigenvalue weighted by Crippen LogP contribution is 2.29. The standard InChI is InChI=1S/C18H21Cl2NO3/c1-11(2)7-13(18(22)23)9-21-10-14-4-6-17(24-14)12-3-5-15(19)16(20)8-12/h3-6,8,11,13,21H,7,9-10H2,1-2H3,(H,22,23). The minimum atomic E-state index is -0.771. The molecule has 6 heteroatoms. The number of carboxylic acids is 1. The zero-order valence-electron chi connectivity index (χ0n) is 13.7. The third-order valence-electron chi connectivity index (χ3n) is 3.66. The average molecular weight is 370 g/mol. The lowest BCUT2D eigenvalue weighted by atomic mass is 9.97. The molecule has 0 spiro atoms. The molecule has 0 saturated carbocycles. The van der Waals surface area contributed by atoms with E-state index in [4.69, 9.17) is 27.6 Å². The third-order valence-corrected chi connectivity index (χ3v) is 4.40. The summed E-state index contributed by atoms with van der Waals surface area (Å²) in [6.07, 6.45) is 0.648. The van der Waals surface area contributed by atoms with E-state index in [-0.39, 0.29) is 0 Å². The highest BCUT2D eigenvalue weighted by atomic mass is 35.5. The number of halogens is 2. The summed E-state index contributed by atoms with van der Waals surface area (Å²) in [5.74, 6) is 0.617. The van der Waals surface area contributed by atoms with Crippen molar-refractivity contribution in [2.24, 2.45) is 11.8 Å². The van der Waals surface area contributed by atoms with E-state index in [2.05, 4.69) is 5.32 Å². The fraction of sp³-hybridized carbons (Fsp3) is 0.389. The fourth-order valence-corrected chi connectivity index (χ4v) is 2.79. The second-order valence-corrected chi connectivity index (χ2v) is 7.00. The van der Waals surface area contributed by atoms with Crippen LogP contribution in [0, 0.1) is 11.8 Å². The first-order valence-electron chi connectivity index (χ1n) is 7.84. The summed E-state index contributed by atoms with van der Waals surface area (Å²) in [6.45, 7) is 4.93. The first-order chi connectivity index (χ1) is 11.4. The molecular formula is C18H21Cl2NO3. The Kier molecular flexibility index (Phi) is 6.72. The Bertz CT molecular complexity index is 697. The Morgan fingerprint density at radius 1 is 1.21 bits per heavy atom. The zero-order chi connectivity index (χ0) is 17.7. The molecule has 1 atom stereocenters. The van der Waals surface area contributed by atoms with E-state index in [0.717, 1.165) is 11.3 Å². The van der Waals surface area contributed by atoms with Gasteiger partial charge < -0.3 is 14.8 Å². The third kappa shape index (κ3) is 5.26. The summed E-state index contributed by atoms with van der Waals surface area (Å²) in [7, 11) is 0. The predicted molar refractivity (Wildman–Crippen MR) is 96.5 cm³/mol. The highest BCUT2D eigenvalue weighted by molar-refractivity contribution is 6.42.